The van der Waals surface area contributed by atoms with Crippen molar-refractivity contribution in [1.82, 2.24) is 14.7 Å². The normalized spacial score (nSPS) is 25.0. The molecule has 0 N–H and O–H groups in total. The number of hydrogen-bond donors (Lipinski definition) is 0. The van der Waals surface area contributed by atoms with Crippen LogP contribution in [-0.4, -0.2) is 72.5 Å². The predicted octanol–water partition coefficient (Wildman–Crippen LogP) is 2.93. The van der Waals surface area contributed by atoms with E-state index in [2.05, 4.69) is 49.3 Å². The van der Waals surface area contributed by atoms with Gasteiger partial charge in [-0.05, 0) is 50.6 Å². The summed E-state index contributed by atoms with van der Waals surface area (Å²) in [6.45, 7) is 18.8. The summed E-state index contributed by atoms with van der Waals surface area (Å²) >= 11 is 0. The molecule has 140 valence electrons. The van der Waals surface area contributed by atoms with Gasteiger partial charge in [-0.25, -0.2) is 0 Å². The topological polar surface area (TPSA) is 26.8 Å². The van der Waals surface area contributed by atoms with Crippen LogP contribution in [0.15, 0.2) is 0 Å². The van der Waals surface area contributed by atoms with Crippen LogP contribution in [0.5, 0.6) is 0 Å². The third-order valence-corrected chi connectivity index (χ3v) is 5.93. The van der Waals surface area contributed by atoms with Crippen molar-refractivity contribution in [2.75, 3.05) is 45.8 Å². The van der Waals surface area contributed by atoms with Crippen molar-refractivity contribution in [1.29, 1.82) is 0 Å². The van der Waals surface area contributed by atoms with Gasteiger partial charge in [-0.15, -0.1) is 0 Å². The minimum atomic E-state index is 0.358. The quantitative estimate of drug-likeness (QED) is 0.745. The van der Waals surface area contributed by atoms with Crippen molar-refractivity contribution >= 4 is 5.91 Å². The first-order chi connectivity index (χ1) is 11.4. The average molecular weight is 338 g/mol. The number of piperidine rings is 1. The van der Waals surface area contributed by atoms with Crippen LogP contribution in [0.1, 0.15) is 53.9 Å². The van der Waals surface area contributed by atoms with Gasteiger partial charge >= 0.3 is 0 Å². The van der Waals surface area contributed by atoms with Gasteiger partial charge < -0.3 is 9.80 Å². The molecule has 4 heteroatoms. The lowest BCUT2D eigenvalue weighted by Gasteiger charge is -2.41. The molecule has 0 saturated carbocycles. The smallest absolute Gasteiger partial charge is 0.223 e. The van der Waals surface area contributed by atoms with Crippen molar-refractivity contribution < 1.29 is 4.79 Å². The highest BCUT2D eigenvalue weighted by Crippen LogP contribution is 2.24. The number of carbonyl (C=O) groups is 1. The Kier molecular flexibility index (Phi) is 7.55. The van der Waals surface area contributed by atoms with Crippen molar-refractivity contribution in [2.24, 2.45) is 17.8 Å². The van der Waals surface area contributed by atoms with Gasteiger partial charge in [-0.3, -0.25) is 9.69 Å². The number of nitrogens with zero attached hydrogens (tertiary/aromatic N) is 3. The zero-order valence-corrected chi connectivity index (χ0v) is 16.6. The van der Waals surface area contributed by atoms with Crippen LogP contribution in [0.3, 0.4) is 0 Å². The van der Waals surface area contributed by atoms with Crippen LogP contribution in [0.4, 0.5) is 0 Å². The van der Waals surface area contributed by atoms with Crippen molar-refractivity contribution in [3.63, 3.8) is 0 Å². The maximum atomic E-state index is 12.6. The molecule has 2 rings (SSSR count). The summed E-state index contributed by atoms with van der Waals surface area (Å²) < 4.78 is 0. The van der Waals surface area contributed by atoms with E-state index in [9.17, 15) is 4.79 Å². The number of hydrogen-bond acceptors (Lipinski definition) is 3. The molecule has 0 aromatic rings. The van der Waals surface area contributed by atoms with E-state index in [1.807, 2.05) is 0 Å². The van der Waals surface area contributed by atoms with Gasteiger partial charge in [-0.1, -0.05) is 27.7 Å². The lowest BCUT2D eigenvalue weighted by Crippen LogP contribution is -2.54. The SMILES string of the molecule is CC(C)CN1CCN(C(=O)CCN2CCC(C(C)C)CC2)C[C@H]1C. The van der Waals surface area contributed by atoms with E-state index in [4.69, 9.17) is 0 Å². The van der Waals surface area contributed by atoms with Crippen molar-refractivity contribution in [3.8, 4) is 0 Å². The van der Waals surface area contributed by atoms with Crippen molar-refractivity contribution in [3.05, 3.63) is 0 Å². The largest absolute Gasteiger partial charge is 0.340 e. The molecule has 2 saturated heterocycles. The zero-order chi connectivity index (χ0) is 17.7. The predicted molar refractivity (Wildman–Crippen MR) is 101 cm³/mol. The van der Waals surface area contributed by atoms with Crippen LogP contribution in [0, 0.1) is 17.8 Å². The molecule has 0 aliphatic carbocycles. The Balaban J connectivity index is 1.68. The van der Waals surface area contributed by atoms with E-state index < -0.39 is 0 Å². The molecule has 2 aliphatic rings. The monoisotopic (exact) mass is 337 g/mol. The second kappa shape index (κ2) is 9.19. The summed E-state index contributed by atoms with van der Waals surface area (Å²) in [6.07, 6.45) is 3.30. The van der Waals surface area contributed by atoms with E-state index in [1.165, 1.54) is 25.9 Å². The van der Waals surface area contributed by atoms with E-state index in [-0.39, 0.29) is 0 Å². The fraction of sp³-hybridized carbons (Fsp3) is 0.950. The summed E-state index contributed by atoms with van der Waals surface area (Å²) in [5, 5.41) is 0. The second-order valence-corrected chi connectivity index (χ2v) is 8.75. The molecule has 0 unspecified atom stereocenters. The van der Waals surface area contributed by atoms with Crippen LogP contribution in [0.25, 0.3) is 0 Å². The Morgan fingerprint density at radius 2 is 1.71 bits per heavy atom. The molecule has 0 radical (unpaired) electrons. The average Bonchev–Trinajstić information content (AvgIpc) is 2.54. The fourth-order valence-electron chi connectivity index (χ4n) is 4.22. The lowest BCUT2D eigenvalue weighted by molar-refractivity contribution is -0.134. The molecule has 2 heterocycles. The van der Waals surface area contributed by atoms with E-state index >= 15 is 0 Å². The molecule has 0 aromatic carbocycles. The molecular formula is C20H39N3O. The Bertz CT molecular complexity index is 388. The summed E-state index contributed by atoms with van der Waals surface area (Å²) in [4.78, 5) is 19.7. The summed E-state index contributed by atoms with van der Waals surface area (Å²) in [5.74, 6) is 2.74. The molecule has 24 heavy (non-hydrogen) atoms. The van der Waals surface area contributed by atoms with Gasteiger partial charge in [0.05, 0.1) is 0 Å². The van der Waals surface area contributed by atoms with Gasteiger partial charge in [0.1, 0.15) is 0 Å². The maximum absolute atomic E-state index is 12.6. The first-order valence-electron chi connectivity index (χ1n) is 10.1. The van der Waals surface area contributed by atoms with E-state index in [0.29, 0.717) is 24.3 Å². The Hall–Kier alpha value is -0.610. The highest BCUT2D eigenvalue weighted by molar-refractivity contribution is 5.76. The molecular weight excluding hydrogens is 298 g/mol. The molecule has 2 aliphatic heterocycles. The van der Waals surface area contributed by atoms with Gasteiger partial charge in [-0.2, -0.15) is 0 Å². The van der Waals surface area contributed by atoms with Gasteiger partial charge in [0, 0.05) is 45.2 Å². The highest BCUT2D eigenvalue weighted by atomic mass is 16.2. The fourth-order valence-corrected chi connectivity index (χ4v) is 4.22. The number of amides is 1. The minimum Gasteiger partial charge on any atom is -0.340 e. The van der Waals surface area contributed by atoms with Gasteiger partial charge in [0.2, 0.25) is 5.91 Å². The molecule has 1 atom stereocenters. The van der Waals surface area contributed by atoms with Crippen LogP contribution < -0.4 is 0 Å². The lowest BCUT2D eigenvalue weighted by atomic mass is 9.87. The third kappa shape index (κ3) is 5.73. The van der Waals surface area contributed by atoms with Gasteiger partial charge in [0.15, 0.2) is 0 Å². The molecule has 0 spiro atoms. The standard InChI is InChI=1S/C20H39N3O/c1-16(2)14-22-12-13-23(15-18(22)5)20(24)8-11-21-9-6-19(7-10-21)17(3)4/h16-19H,6-15H2,1-5H3/t18-/m1/s1. The second-order valence-electron chi connectivity index (χ2n) is 8.75. The van der Waals surface area contributed by atoms with E-state index in [1.54, 1.807) is 0 Å². The molecule has 0 aromatic heterocycles. The summed E-state index contributed by atoms with van der Waals surface area (Å²) in [6, 6.07) is 0.492. The Morgan fingerprint density at radius 1 is 1.04 bits per heavy atom. The number of likely N-dealkylation sites (tertiary alicyclic amines) is 1. The van der Waals surface area contributed by atoms with Gasteiger partial charge in [0.25, 0.3) is 0 Å². The number of carbonyl (C=O) groups excluding carboxylic acids is 1. The van der Waals surface area contributed by atoms with Crippen LogP contribution >= 0.6 is 0 Å². The molecule has 2 fully saturated rings. The molecule has 1 amide bonds. The van der Waals surface area contributed by atoms with E-state index in [0.717, 1.165) is 44.6 Å². The van der Waals surface area contributed by atoms with Crippen molar-refractivity contribution in [2.45, 2.75) is 59.9 Å². The molecule has 4 nitrogen and oxygen atoms in total. The molecule has 0 bridgehead atoms. The first kappa shape index (κ1) is 19.7. The first-order valence-corrected chi connectivity index (χ1v) is 10.1. The summed E-state index contributed by atoms with van der Waals surface area (Å²) in [5.41, 5.74) is 0. The Labute approximate surface area is 149 Å². The minimum absolute atomic E-state index is 0.358. The van der Waals surface area contributed by atoms with Crippen LogP contribution in [-0.2, 0) is 4.79 Å². The highest BCUT2D eigenvalue weighted by Gasteiger charge is 2.27. The third-order valence-electron chi connectivity index (χ3n) is 5.93. The van der Waals surface area contributed by atoms with Crippen LogP contribution in [0.2, 0.25) is 0 Å². The zero-order valence-electron chi connectivity index (χ0n) is 16.6. The Morgan fingerprint density at radius 3 is 2.25 bits per heavy atom. The summed E-state index contributed by atoms with van der Waals surface area (Å²) in [7, 11) is 0. The maximum Gasteiger partial charge on any atom is 0.223 e. The number of piperazine rings is 1. The number of rotatable bonds is 6.